The largest absolute Gasteiger partial charge is 0.383 e. The summed E-state index contributed by atoms with van der Waals surface area (Å²) in [7, 11) is 0. The Morgan fingerprint density at radius 1 is 1.32 bits per heavy atom. The van der Waals surface area contributed by atoms with E-state index < -0.39 is 5.60 Å². The van der Waals surface area contributed by atoms with Crippen LogP contribution in [-0.2, 0) is 5.60 Å². The van der Waals surface area contributed by atoms with Gasteiger partial charge in [-0.1, -0.05) is 18.2 Å². The second kappa shape index (κ2) is 5.83. The number of aryl methyl sites for hydroxylation is 1. The van der Waals surface area contributed by atoms with E-state index >= 15 is 0 Å². The monoisotopic (exact) mass is 331 g/mol. The van der Waals surface area contributed by atoms with Crippen LogP contribution in [-0.4, -0.2) is 17.6 Å². The molecule has 1 aromatic carbocycles. The minimum Gasteiger partial charge on any atom is -0.383 e. The third-order valence-corrected chi connectivity index (χ3v) is 5.92. The molecular weight excluding hydrogens is 314 g/mol. The highest BCUT2D eigenvalue weighted by molar-refractivity contribution is 7.19. The Kier molecular flexibility index (Phi) is 4.04. The van der Waals surface area contributed by atoms with Crippen molar-refractivity contribution in [3.63, 3.8) is 0 Å². The fraction of sp³-hybridized carbons (Fsp3) is 0.235. The van der Waals surface area contributed by atoms with E-state index in [0.717, 1.165) is 20.5 Å². The molecule has 0 radical (unpaired) electrons. The molecule has 2 heterocycles. The van der Waals surface area contributed by atoms with E-state index in [0.29, 0.717) is 4.88 Å². The Labute approximate surface area is 137 Å². The Hall–Kier alpha value is -1.69. The summed E-state index contributed by atoms with van der Waals surface area (Å²) in [5.41, 5.74) is -0.00234. The first kappa shape index (κ1) is 15.2. The summed E-state index contributed by atoms with van der Waals surface area (Å²) in [6, 6.07) is 11.9. The highest BCUT2D eigenvalue weighted by Gasteiger charge is 2.26. The van der Waals surface area contributed by atoms with Crippen LogP contribution in [0.1, 0.15) is 27.0 Å². The number of benzene rings is 1. The molecule has 1 amide bonds. The molecule has 0 saturated heterocycles. The molecule has 0 fully saturated rings. The molecule has 5 heteroatoms. The van der Waals surface area contributed by atoms with Gasteiger partial charge in [-0.2, -0.15) is 0 Å². The second-order valence-corrected chi connectivity index (χ2v) is 7.59. The van der Waals surface area contributed by atoms with E-state index in [9.17, 15) is 9.90 Å². The van der Waals surface area contributed by atoms with Crippen molar-refractivity contribution in [2.75, 3.05) is 6.54 Å². The first-order valence-electron chi connectivity index (χ1n) is 7.00. The minimum atomic E-state index is -1.08. The number of amides is 1. The predicted molar refractivity (Wildman–Crippen MR) is 92.8 cm³/mol. The molecule has 0 aliphatic heterocycles. The molecule has 1 atom stereocenters. The van der Waals surface area contributed by atoms with Crippen LogP contribution in [0.3, 0.4) is 0 Å². The molecule has 2 aromatic heterocycles. The van der Waals surface area contributed by atoms with Gasteiger partial charge in [0.25, 0.3) is 5.91 Å². The quantitative estimate of drug-likeness (QED) is 0.761. The Morgan fingerprint density at radius 2 is 2.09 bits per heavy atom. The number of hydrogen-bond donors (Lipinski definition) is 2. The fourth-order valence-corrected chi connectivity index (χ4v) is 4.14. The van der Waals surface area contributed by atoms with E-state index in [1.165, 1.54) is 11.3 Å². The summed E-state index contributed by atoms with van der Waals surface area (Å²) in [6.45, 7) is 3.88. The van der Waals surface area contributed by atoms with Crippen molar-refractivity contribution in [2.24, 2.45) is 0 Å². The predicted octanol–water partition coefficient (Wildman–Crippen LogP) is 3.91. The van der Waals surface area contributed by atoms with Crippen LogP contribution >= 0.6 is 22.7 Å². The highest BCUT2D eigenvalue weighted by atomic mass is 32.1. The summed E-state index contributed by atoms with van der Waals surface area (Å²) in [5, 5.41) is 16.6. The normalized spacial score (nSPS) is 14.0. The molecule has 3 rings (SSSR count). The van der Waals surface area contributed by atoms with Crippen LogP contribution in [0.4, 0.5) is 0 Å². The molecular formula is C17H17NO2S2. The van der Waals surface area contributed by atoms with E-state index in [2.05, 4.69) is 5.32 Å². The number of carbonyl (C=O) groups is 1. The molecule has 22 heavy (non-hydrogen) atoms. The van der Waals surface area contributed by atoms with Crippen molar-refractivity contribution in [1.29, 1.82) is 0 Å². The summed E-state index contributed by atoms with van der Waals surface area (Å²) >= 11 is 2.97. The maximum atomic E-state index is 12.1. The number of nitrogens with one attached hydrogen (secondary N) is 1. The van der Waals surface area contributed by atoms with Gasteiger partial charge in [-0.25, -0.2) is 0 Å². The third kappa shape index (κ3) is 3.06. The van der Waals surface area contributed by atoms with Gasteiger partial charge in [0.05, 0.1) is 11.4 Å². The summed E-state index contributed by atoms with van der Waals surface area (Å²) in [4.78, 5) is 13.6. The molecule has 0 spiro atoms. The number of rotatable bonds is 4. The van der Waals surface area contributed by atoms with E-state index in [1.807, 2.05) is 48.7 Å². The minimum absolute atomic E-state index is 0.139. The van der Waals surface area contributed by atoms with Gasteiger partial charge in [0, 0.05) is 9.58 Å². The standard InChI is InChI=1S/C17H17NO2S2/c1-11-7-14(21-9-11)16(19)18-10-17(2,20)15-8-12-5-3-4-6-13(12)22-15/h3-9,20H,10H2,1-2H3,(H,18,19). The van der Waals surface area contributed by atoms with Gasteiger partial charge in [-0.05, 0) is 48.4 Å². The lowest BCUT2D eigenvalue weighted by Gasteiger charge is -2.22. The van der Waals surface area contributed by atoms with E-state index in [1.54, 1.807) is 18.3 Å². The summed E-state index contributed by atoms with van der Waals surface area (Å²) in [5.74, 6) is -0.139. The second-order valence-electron chi connectivity index (χ2n) is 5.59. The maximum absolute atomic E-state index is 12.1. The third-order valence-electron chi connectivity index (χ3n) is 3.50. The summed E-state index contributed by atoms with van der Waals surface area (Å²) < 4.78 is 1.14. The molecule has 2 N–H and O–H groups in total. The van der Waals surface area contributed by atoms with Crippen molar-refractivity contribution in [1.82, 2.24) is 5.32 Å². The lowest BCUT2D eigenvalue weighted by molar-refractivity contribution is 0.0558. The lowest BCUT2D eigenvalue weighted by atomic mass is 10.0. The molecule has 0 aliphatic carbocycles. The maximum Gasteiger partial charge on any atom is 0.261 e. The Morgan fingerprint density at radius 3 is 2.77 bits per heavy atom. The van der Waals surface area contributed by atoms with Crippen molar-refractivity contribution < 1.29 is 9.90 Å². The number of hydrogen-bond acceptors (Lipinski definition) is 4. The zero-order valence-corrected chi connectivity index (χ0v) is 14.1. The van der Waals surface area contributed by atoms with Gasteiger partial charge in [0.15, 0.2) is 0 Å². The van der Waals surface area contributed by atoms with Gasteiger partial charge in [0.1, 0.15) is 5.60 Å². The van der Waals surface area contributed by atoms with E-state index in [-0.39, 0.29) is 12.5 Å². The number of carbonyl (C=O) groups excluding carboxylic acids is 1. The smallest absolute Gasteiger partial charge is 0.261 e. The molecule has 0 bridgehead atoms. The first-order chi connectivity index (χ1) is 10.5. The van der Waals surface area contributed by atoms with Gasteiger partial charge < -0.3 is 10.4 Å². The molecule has 0 aliphatic rings. The van der Waals surface area contributed by atoms with Gasteiger partial charge >= 0.3 is 0 Å². The van der Waals surface area contributed by atoms with Gasteiger partial charge in [0.2, 0.25) is 0 Å². The molecule has 114 valence electrons. The van der Waals surface area contributed by atoms with Gasteiger partial charge in [-0.3, -0.25) is 4.79 Å². The number of thiophene rings is 2. The first-order valence-corrected chi connectivity index (χ1v) is 8.70. The summed E-state index contributed by atoms with van der Waals surface area (Å²) in [6.07, 6.45) is 0. The Bertz CT molecular complexity index is 784. The fourth-order valence-electron chi connectivity index (χ4n) is 2.22. The van der Waals surface area contributed by atoms with Gasteiger partial charge in [-0.15, -0.1) is 22.7 Å². The van der Waals surface area contributed by atoms with Crippen LogP contribution in [0.25, 0.3) is 10.1 Å². The molecule has 3 aromatic rings. The topological polar surface area (TPSA) is 49.3 Å². The number of aliphatic hydroxyl groups is 1. The zero-order chi connectivity index (χ0) is 15.7. The molecule has 0 saturated carbocycles. The zero-order valence-electron chi connectivity index (χ0n) is 12.4. The molecule has 1 unspecified atom stereocenters. The Balaban J connectivity index is 1.74. The highest BCUT2D eigenvalue weighted by Crippen LogP contribution is 2.32. The van der Waals surface area contributed by atoms with Crippen LogP contribution in [0, 0.1) is 6.92 Å². The SMILES string of the molecule is Cc1csc(C(=O)NCC(C)(O)c2cc3ccccc3s2)c1. The van der Waals surface area contributed by atoms with Crippen LogP contribution in [0.5, 0.6) is 0 Å². The number of fused-ring (bicyclic) bond motifs is 1. The average molecular weight is 331 g/mol. The average Bonchev–Trinajstić information content (AvgIpc) is 3.11. The van der Waals surface area contributed by atoms with Crippen molar-refractivity contribution in [2.45, 2.75) is 19.4 Å². The van der Waals surface area contributed by atoms with Crippen molar-refractivity contribution >= 4 is 38.7 Å². The van der Waals surface area contributed by atoms with Crippen LogP contribution in [0.2, 0.25) is 0 Å². The van der Waals surface area contributed by atoms with Crippen molar-refractivity contribution in [3.05, 3.63) is 57.1 Å². The van der Waals surface area contributed by atoms with Crippen LogP contribution < -0.4 is 5.32 Å². The van der Waals surface area contributed by atoms with Crippen LogP contribution in [0.15, 0.2) is 41.8 Å². The lowest BCUT2D eigenvalue weighted by Crippen LogP contribution is -2.37. The van der Waals surface area contributed by atoms with Crippen molar-refractivity contribution in [3.8, 4) is 0 Å². The van der Waals surface area contributed by atoms with E-state index in [4.69, 9.17) is 0 Å². The molecule has 3 nitrogen and oxygen atoms in total.